The summed E-state index contributed by atoms with van der Waals surface area (Å²) in [5.74, 6) is 0.111. The Balaban J connectivity index is 1.55. The molecule has 2 heterocycles. The van der Waals surface area contributed by atoms with Crippen LogP contribution in [-0.2, 0) is 12.8 Å². The number of nitrogens with one attached hydrogen (secondary N) is 1. The SMILES string of the molecule is CCc1cccc(-n2c(N)c(C(=O)NC(C)CCc3ccccc3)c3nc4ccccc4nc32)c1. The maximum Gasteiger partial charge on any atom is 0.257 e. The zero-order chi connectivity index (χ0) is 24.4. The number of hydrogen-bond acceptors (Lipinski definition) is 4. The first-order valence-electron chi connectivity index (χ1n) is 12.1. The van der Waals surface area contributed by atoms with E-state index in [1.54, 1.807) is 0 Å². The zero-order valence-corrected chi connectivity index (χ0v) is 20.0. The van der Waals surface area contributed by atoms with E-state index < -0.39 is 0 Å². The number of aryl methyl sites for hydroxylation is 2. The lowest BCUT2D eigenvalue weighted by molar-refractivity contribution is 0.0941. The maximum absolute atomic E-state index is 13.5. The molecule has 1 amide bonds. The van der Waals surface area contributed by atoms with Gasteiger partial charge in [-0.3, -0.25) is 9.36 Å². The van der Waals surface area contributed by atoms with Gasteiger partial charge in [-0.15, -0.1) is 0 Å². The van der Waals surface area contributed by atoms with Crippen molar-refractivity contribution in [2.24, 2.45) is 0 Å². The molecule has 0 fully saturated rings. The number of nitrogens with two attached hydrogens (primary N) is 1. The van der Waals surface area contributed by atoms with Gasteiger partial charge in [0.15, 0.2) is 5.65 Å². The van der Waals surface area contributed by atoms with Crippen molar-refractivity contribution >= 4 is 33.9 Å². The van der Waals surface area contributed by atoms with Crippen LogP contribution >= 0.6 is 0 Å². The Bertz CT molecular complexity index is 1510. The molecule has 176 valence electrons. The third kappa shape index (κ3) is 4.47. The van der Waals surface area contributed by atoms with Crippen LogP contribution in [-0.4, -0.2) is 26.5 Å². The largest absolute Gasteiger partial charge is 0.384 e. The highest BCUT2D eigenvalue weighted by Crippen LogP contribution is 2.31. The molecular formula is C29H29N5O. The molecule has 0 aliphatic carbocycles. The smallest absolute Gasteiger partial charge is 0.257 e. The maximum atomic E-state index is 13.5. The van der Waals surface area contributed by atoms with Crippen LogP contribution in [0, 0.1) is 0 Å². The lowest BCUT2D eigenvalue weighted by Crippen LogP contribution is -2.33. The molecule has 0 saturated carbocycles. The van der Waals surface area contributed by atoms with Crippen molar-refractivity contribution in [3.05, 3.63) is 95.6 Å². The van der Waals surface area contributed by atoms with Gasteiger partial charge < -0.3 is 11.1 Å². The summed E-state index contributed by atoms with van der Waals surface area (Å²) < 4.78 is 1.84. The molecule has 0 bridgehead atoms. The monoisotopic (exact) mass is 463 g/mol. The summed E-state index contributed by atoms with van der Waals surface area (Å²) in [6, 6.07) is 26.1. The summed E-state index contributed by atoms with van der Waals surface area (Å²) in [6.07, 6.45) is 2.60. The molecular weight excluding hydrogens is 434 g/mol. The van der Waals surface area contributed by atoms with Gasteiger partial charge in [-0.25, -0.2) is 9.97 Å². The third-order valence-electron chi connectivity index (χ3n) is 6.39. The molecule has 6 nitrogen and oxygen atoms in total. The molecule has 0 spiro atoms. The minimum Gasteiger partial charge on any atom is -0.384 e. The van der Waals surface area contributed by atoms with Crippen molar-refractivity contribution in [3.63, 3.8) is 0 Å². The van der Waals surface area contributed by atoms with Crippen LogP contribution in [0.25, 0.3) is 27.9 Å². The van der Waals surface area contributed by atoms with Gasteiger partial charge in [-0.05, 0) is 61.6 Å². The van der Waals surface area contributed by atoms with Crippen LogP contribution in [0.2, 0.25) is 0 Å². The van der Waals surface area contributed by atoms with E-state index >= 15 is 0 Å². The summed E-state index contributed by atoms with van der Waals surface area (Å²) >= 11 is 0. The molecule has 6 heteroatoms. The third-order valence-corrected chi connectivity index (χ3v) is 6.39. The number of aromatic nitrogens is 3. The first-order valence-corrected chi connectivity index (χ1v) is 12.1. The number of fused-ring (bicyclic) bond motifs is 2. The predicted octanol–water partition coefficient (Wildman–Crippen LogP) is 5.47. The van der Waals surface area contributed by atoms with Crippen LogP contribution in [0.3, 0.4) is 0 Å². The molecule has 1 atom stereocenters. The van der Waals surface area contributed by atoms with E-state index in [0.717, 1.165) is 36.0 Å². The lowest BCUT2D eigenvalue weighted by atomic mass is 10.1. The Kier molecular flexibility index (Phi) is 6.19. The molecule has 0 radical (unpaired) electrons. The zero-order valence-electron chi connectivity index (χ0n) is 20.0. The van der Waals surface area contributed by atoms with Crippen molar-refractivity contribution in [3.8, 4) is 5.69 Å². The molecule has 5 aromatic rings. The predicted molar refractivity (Wildman–Crippen MR) is 142 cm³/mol. The van der Waals surface area contributed by atoms with Crippen molar-refractivity contribution in [1.82, 2.24) is 19.9 Å². The topological polar surface area (TPSA) is 85.8 Å². The Labute approximate surface area is 204 Å². The van der Waals surface area contributed by atoms with Crippen LogP contribution in [0.1, 0.15) is 41.8 Å². The lowest BCUT2D eigenvalue weighted by Gasteiger charge is -2.14. The molecule has 0 saturated heterocycles. The molecule has 2 aromatic heterocycles. The van der Waals surface area contributed by atoms with E-state index in [1.165, 1.54) is 11.1 Å². The average molecular weight is 464 g/mol. The first kappa shape index (κ1) is 22.6. The van der Waals surface area contributed by atoms with Crippen LogP contribution in [0.15, 0.2) is 78.9 Å². The Morgan fingerprint density at radius 1 is 0.943 bits per heavy atom. The van der Waals surface area contributed by atoms with Gasteiger partial charge in [0.1, 0.15) is 16.9 Å². The fourth-order valence-electron chi connectivity index (χ4n) is 4.46. The number of benzene rings is 3. The second kappa shape index (κ2) is 9.58. The number of carbonyl (C=O) groups excluding carboxylic acids is 1. The highest BCUT2D eigenvalue weighted by Gasteiger charge is 2.25. The van der Waals surface area contributed by atoms with Gasteiger partial charge in [0.25, 0.3) is 5.91 Å². The van der Waals surface area contributed by atoms with Crippen molar-refractivity contribution in [1.29, 1.82) is 0 Å². The minimum absolute atomic E-state index is 0.0302. The van der Waals surface area contributed by atoms with E-state index in [0.29, 0.717) is 22.5 Å². The van der Waals surface area contributed by atoms with Crippen molar-refractivity contribution < 1.29 is 4.79 Å². The van der Waals surface area contributed by atoms with E-state index in [2.05, 4.69) is 36.5 Å². The Morgan fingerprint density at radius 3 is 2.37 bits per heavy atom. The van der Waals surface area contributed by atoms with Crippen molar-refractivity contribution in [2.75, 3.05) is 5.73 Å². The fourth-order valence-corrected chi connectivity index (χ4v) is 4.46. The van der Waals surface area contributed by atoms with Crippen LogP contribution in [0.4, 0.5) is 5.82 Å². The molecule has 3 aromatic carbocycles. The van der Waals surface area contributed by atoms with Gasteiger partial charge in [-0.1, -0.05) is 61.5 Å². The Hall–Kier alpha value is -4.19. The number of carbonyl (C=O) groups is 1. The molecule has 3 N–H and O–H groups in total. The standard InChI is InChI=1S/C29H29N5O/c1-3-20-12-9-13-22(18-20)34-27(30)25(26-28(34)33-24-15-8-7-14-23(24)32-26)29(35)31-19(2)16-17-21-10-5-4-6-11-21/h4-15,18-19H,3,16-17,30H2,1-2H3,(H,31,35). The van der Waals surface area contributed by atoms with Crippen LogP contribution in [0.5, 0.6) is 0 Å². The minimum atomic E-state index is -0.233. The van der Waals surface area contributed by atoms with Gasteiger partial charge in [0.2, 0.25) is 0 Å². The molecule has 0 aliphatic rings. The van der Waals surface area contributed by atoms with Crippen LogP contribution < -0.4 is 11.1 Å². The van der Waals surface area contributed by atoms with Gasteiger partial charge in [0.05, 0.1) is 11.0 Å². The summed E-state index contributed by atoms with van der Waals surface area (Å²) in [7, 11) is 0. The summed E-state index contributed by atoms with van der Waals surface area (Å²) in [4.78, 5) is 23.2. The first-order chi connectivity index (χ1) is 17.0. The highest BCUT2D eigenvalue weighted by atomic mass is 16.1. The van der Waals surface area contributed by atoms with E-state index in [-0.39, 0.29) is 11.9 Å². The van der Waals surface area contributed by atoms with Crippen molar-refractivity contribution in [2.45, 2.75) is 39.2 Å². The highest BCUT2D eigenvalue weighted by molar-refractivity contribution is 6.11. The quantitative estimate of drug-likeness (QED) is 0.335. The number of amides is 1. The Morgan fingerprint density at radius 2 is 1.63 bits per heavy atom. The summed E-state index contributed by atoms with van der Waals surface area (Å²) in [5, 5.41) is 3.13. The van der Waals surface area contributed by atoms with Gasteiger partial charge in [0, 0.05) is 11.7 Å². The second-order valence-corrected chi connectivity index (χ2v) is 8.90. The molecule has 0 aliphatic heterocycles. The van der Waals surface area contributed by atoms with E-state index in [9.17, 15) is 4.79 Å². The number of hydrogen-bond donors (Lipinski definition) is 2. The number of anilines is 1. The van der Waals surface area contributed by atoms with Gasteiger partial charge in [-0.2, -0.15) is 0 Å². The van der Waals surface area contributed by atoms with E-state index in [4.69, 9.17) is 15.7 Å². The second-order valence-electron chi connectivity index (χ2n) is 8.90. The molecule has 35 heavy (non-hydrogen) atoms. The number of nitrogen functional groups attached to an aromatic ring is 1. The fraction of sp³-hybridized carbons (Fsp3) is 0.207. The number of rotatable bonds is 7. The summed E-state index contributed by atoms with van der Waals surface area (Å²) in [6.45, 7) is 4.13. The molecule has 5 rings (SSSR count). The van der Waals surface area contributed by atoms with E-state index in [1.807, 2.05) is 66.1 Å². The van der Waals surface area contributed by atoms with Gasteiger partial charge >= 0.3 is 0 Å². The summed E-state index contributed by atoms with van der Waals surface area (Å²) in [5.41, 5.74) is 12.9. The number of nitrogens with zero attached hydrogens (tertiary/aromatic N) is 3. The number of para-hydroxylation sites is 2. The average Bonchev–Trinajstić information content (AvgIpc) is 3.17. The normalized spacial score (nSPS) is 12.2. The molecule has 1 unspecified atom stereocenters.